The van der Waals surface area contributed by atoms with E-state index in [1.807, 2.05) is 37.3 Å². The van der Waals surface area contributed by atoms with Crippen molar-refractivity contribution in [3.8, 4) is 11.5 Å². The van der Waals surface area contributed by atoms with Gasteiger partial charge in [-0.05, 0) is 49.6 Å². The zero-order chi connectivity index (χ0) is 24.8. The zero-order valence-electron chi connectivity index (χ0n) is 19.4. The van der Waals surface area contributed by atoms with Gasteiger partial charge < -0.3 is 19.9 Å². The number of methoxy groups -OCH3 is 1. The molecule has 1 heterocycles. The lowest BCUT2D eigenvalue weighted by Crippen LogP contribution is -2.41. The molecule has 0 saturated carbocycles. The van der Waals surface area contributed by atoms with Crippen molar-refractivity contribution in [2.24, 2.45) is 0 Å². The lowest BCUT2D eigenvalue weighted by molar-refractivity contribution is -0.150. The van der Waals surface area contributed by atoms with Gasteiger partial charge in [0.05, 0.1) is 7.11 Å². The largest absolute Gasteiger partial charge is 0.503 e. The van der Waals surface area contributed by atoms with Gasteiger partial charge in [0, 0.05) is 18.2 Å². The summed E-state index contributed by atoms with van der Waals surface area (Å²) in [5.74, 6) is -1.14. The molecular weight excluding hydrogens is 455 g/mol. The van der Waals surface area contributed by atoms with Crippen molar-refractivity contribution < 1.29 is 23.8 Å². The normalized spacial score (nSPS) is 13.4. The Kier molecular flexibility index (Phi) is 8.17. The molecule has 0 fully saturated rings. The highest BCUT2D eigenvalue weighted by Gasteiger charge is 2.28. The first-order valence-corrected chi connectivity index (χ1v) is 11.2. The number of nitrogens with zero attached hydrogens (tertiary/aromatic N) is 1. The third-order valence-corrected chi connectivity index (χ3v) is 5.83. The molecule has 0 aliphatic heterocycles. The van der Waals surface area contributed by atoms with Crippen LogP contribution in [0.2, 0.25) is 0 Å². The number of hydrogen-bond donors (Lipinski definition) is 2. The average Bonchev–Trinajstić information content (AvgIpc) is 2.81. The van der Waals surface area contributed by atoms with E-state index in [0.29, 0.717) is 0 Å². The minimum atomic E-state index is -0.812. The van der Waals surface area contributed by atoms with Crippen molar-refractivity contribution in [2.45, 2.75) is 38.8 Å². The van der Waals surface area contributed by atoms with Gasteiger partial charge in [-0.25, -0.2) is 14.2 Å². The number of aromatic nitrogens is 1. The first-order valence-electron chi connectivity index (χ1n) is 10.8. The molecule has 34 heavy (non-hydrogen) atoms. The highest BCUT2D eigenvalue weighted by Crippen LogP contribution is 2.32. The Hall–Kier alpha value is -3.52. The predicted molar refractivity (Wildman–Crippen MR) is 132 cm³/mol. The number of aromatic hydroxyl groups is 1. The number of nitrogens with one attached hydrogen (secondary N) is 1. The van der Waals surface area contributed by atoms with Crippen LogP contribution in [0.5, 0.6) is 11.5 Å². The van der Waals surface area contributed by atoms with Crippen LogP contribution in [0, 0.1) is 12.7 Å². The Bertz CT molecular complexity index is 1170. The van der Waals surface area contributed by atoms with Gasteiger partial charge in [-0.2, -0.15) is 0 Å². The third-order valence-electron chi connectivity index (χ3n) is 5.52. The van der Waals surface area contributed by atoms with Crippen LogP contribution in [0.15, 0.2) is 60.8 Å². The number of rotatable bonds is 8. The lowest BCUT2D eigenvalue weighted by Gasteiger charge is -2.28. The summed E-state index contributed by atoms with van der Waals surface area (Å²) in [6.07, 6.45) is 0.891. The van der Waals surface area contributed by atoms with Gasteiger partial charge in [0.2, 0.25) is 0 Å². The summed E-state index contributed by atoms with van der Waals surface area (Å²) in [4.78, 5) is 17.1. The number of hydrogen-bond acceptors (Lipinski definition) is 6. The lowest BCUT2D eigenvalue weighted by atomic mass is 9.85. The van der Waals surface area contributed by atoms with Gasteiger partial charge in [0.25, 0.3) is 0 Å². The summed E-state index contributed by atoms with van der Waals surface area (Å²) in [5.41, 5.74) is 2.68. The molecular formula is C26H27FN2O4S. The molecule has 0 radical (unpaired) electrons. The van der Waals surface area contributed by atoms with E-state index >= 15 is 0 Å². The Morgan fingerprint density at radius 1 is 1.15 bits per heavy atom. The molecule has 3 aromatic rings. The molecule has 0 amide bonds. The molecule has 178 valence electrons. The molecule has 0 unspecified atom stereocenters. The predicted octanol–water partition coefficient (Wildman–Crippen LogP) is 4.66. The van der Waals surface area contributed by atoms with E-state index in [0.717, 1.165) is 16.7 Å². The monoisotopic (exact) mass is 482 g/mol. The second-order valence-corrected chi connectivity index (χ2v) is 8.35. The maximum atomic E-state index is 13.7. The summed E-state index contributed by atoms with van der Waals surface area (Å²) in [5, 5.41) is 13.1. The first-order chi connectivity index (χ1) is 16.2. The fraction of sp³-hybridized carbons (Fsp3) is 0.269. The third kappa shape index (κ3) is 5.69. The summed E-state index contributed by atoms with van der Waals surface area (Å²) in [7, 11) is 1.42. The molecule has 0 saturated heterocycles. The Labute approximate surface area is 203 Å². The molecule has 3 atom stereocenters. The van der Waals surface area contributed by atoms with E-state index in [1.165, 1.54) is 31.5 Å². The standard InChI is InChI=1S/C26H27FN2O4S/c1-15-14-19(27)10-11-20(15)22(18-8-6-5-7-9-18)17(3)33-26(31)16(2)29-25(34)23-24(30)21(32-4)12-13-28-23/h5-14,16-17,22,30H,1-4H3,(H,29,34)/t16-,17-,22-/m0/s1. The number of ether oxygens (including phenoxy) is 2. The number of thiocarbonyl (C=S) groups is 1. The van der Waals surface area contributed by atoms with Crippen LogP contribution < -0.4 is 10.1 Å². The van der Waals surface area contributed by atoms with E-state index in [-0.39, 0.29) is 33.9 Å². The second kappa shape index (κ2) is 11.1. The fourth-order valence-electron chi connectivity index (χ4n) is 3.80. The van der Waals surface area contributed by atoms with Crippen LogP contribution in [-0.4, -0.2) is 40.3 Å². The van der Waals surface area contributed by atoms with Gasteiger partial charge in [-0.1, -0.05) is 48.6 Å². The number of benzene rings is 2. The van der Waals surface area contributed by atoms with E-state index in [1.54, 1.807) is 19.9 Å². The summed E-state index contributed by atoms with van der Waals surface area (Å²) >= 11 is 5.33. The van der Waals surface area contributed by atoms with Crippen molar-refractivity contribution in [1.29, 1.82) is 0 Å². The number of pyridine rings is 1. The number of aryl methyl sites for hydroxylation is 1. The molecule has 8 heteroatoms. The maximum absolute atomic E-state index is 13.7. The van der Waals surface area contributed by atoms with E-state index in [4.69, 9.17) is 21.7 Å². The van der Waals surface area contributed by atoms with Gasteiger partial charge in [0.15, 0.2) is 11.5 Å². The van der Waals surface area contributed by atoms with Crippen LogP contribution in [0.25, 0.3) is 0 Å². The molecule has 6 nitrogen and oxygen atoms in total. The van der Waals surface area contributed by atoms with Gasteiger partial charge >= 0.3 is 5.97 Å². The molecule has 0 aliphatic rings. The molecule has 2 aromatic carbocycles. The Balaban J connectivity index is 1.78. The van der Waals surface area contributed by atoms with Crippen molar-refractivity contribution in [2.75, 3.05) is 7.11 Å². The molecule has 1 aromatic heterocycles. The van der Waals surface area contributed by atoms with Crippen molar-refractivity contribution in [3.05, 3.63) is 89.0 Å². The molecule has 0 bridgehead atoms. The van der Waals surface area contributed by atoms with E-state index in [9.17, 15) is 14.3 Å². The average molecular weight is 483 g/mol. The van der Waals surface area contributed by atoms with Crippen molar-refractivity contribution >= 4 is 23.2 Å². The molecule has 0 aliphatic carbocycles. The van der Waals surface area contributed by atoms with Gasteiger partial charge in [-0.3, -0.25) is 0 Å². The van der Waals surface area contributed by atoms with E-state index in [2.05, 4.69) is 10.3 Å². The van der Waals surface area contributed by atoms with Crippen LogP contribution in [0.3, 0.4) is 0 Å². The highest BCUT2D eigenvalue weighted by molar-refractivity contribution is 7.80. The minimum absolute atomic E-state index is 0.0856. The molecule has 2 N–H and O–H groups in total. The number of carbonyl (C=O) groups is 1. The summed E-state index contributed by atoms with van der Waals surface area (Å²) < 4.78 is 24.6. The topological polar surface area (TPSA) is 80.7 Å². The quantitative estimate of drug-likeness (QED) is 0.357. The maximum Gasteiger partial charge on any atom is 0.328 e. The smallest absolute Gasteiger partial charge is 0.328 e. The summed E-state index contributed by atoms with van der Waals surface area (Å²) in [6.45, 7) is 5.25. The van der Waals surface area contributed by atoms with Crippen LogP contribution >= 0.6 is 12.2 Å². The Morgan fingerprint density at radius 3 is 2.50 bits per heavy atom. The Morgan fingerprint density at radius 2 is 1.85 bits per heavy atom. The highest BCUT2D eigenvalue weighted by atomic mass is 32.1. The van der Waals surface area contributed by atoms with Crippen LogP contribution in [0.1, 0.15) is 42.1 Å². The zero-order valence-corrected chi connectivity index (χ0v) is 20.2. The number of esters is 1. The molecule has 3 rings (SSSR count). The fourth-order valence-corrected chi connectivity index (χ4v) is 4.12. The first kappa shape index (κ1) is 25.1. The SMILES string of the molecule is COc1ccnc(C(=S)N[C@@H](C)C(=O)O[C@@H](C)[C@@H](c2ccccc2)c2ccc(F)cc2C)c1O. The van der Waals surface area contributed by atoms with Crippen molar-refractivity contribution in [3.63, 3.8) is 0 Å². The summed E-state index contributed by atoms with van der Waals surface area (Å²) in [6, 6.07) is 14.9. The minimum Gasteiger partial charge on any atom is -0.503 e. The van der Waals surface area contributed by atoms with Crippen LogP contribution in [0.4, 0.5) is 4.39 Å². The van der Waals surface area contributed by atoms with Crippen LogP contribution in [-0.2, 0) is 9.53 Å². The van der Waals surface area contributed by atoms with Gasteiger partial charge in [-0.15, -0.1) is 0 Å². The van der Waals surface area contributed by atoms with E-state index < -0.39 is 18.1 Å². The number of halogens is 1. The molecule has 0 spiro atoms. The van der Waals surface area contributed by atoms with Crippen molar-refractivity contribution in [1.82, 2.24) is 10.3 Å². The van der Waals surface area contributed by atoms with Gasteiger partial charge in [0.1, 0.15) is 28.6 Å². The number of carbonyl (C=O) groups excluding carboxylic acids is 1. The second-order valence-electron chi connectivity index (χ2n) is 7.94.